The van der Waals surface area contributed by atoms with Gasteiger partial charge in [-0.15, -0.1) is 0 Å². The molecule has 1 aromatic carbocycles. The first-order valence-electron chi connectivity index (χ1n) is 9.11. The van der Waals surface area contributed by atoms with Crippen molar-refractivity contribution in [3.8, 4) is 11.1 Å². The summed E-state index contributed by atoms with van der Waals surface area (Å²) in [6.07, 6.45) is 7.88. The van der Waals surface area contributed by atoms with Crippen LogP contribution in [-0.2, 0) is 28.4 Å². The number of carbonyl (C=O) groups is 1. The molecule has 25 heavy (non-hydrogen) atoms. The van der Waals surface area contributed by atoms with Crippen LogP contribution in [0.1, 0.15) is 51.2 Å². The molecule has 1 aromatic heterocycles. The minimum absolute atomic E-state index is 0.0637. The van der Waals surface area contributed by atoms with Crippen LogP contribution >= 0.6 is 0 Å². The molecule has 132 valence electrons. The lowest BCUT2D eigenvalue weighted by Gasteiger charge is -2.20. The fourth-order valence-electron chi connectivity index (χ4n) is 4.37. The first-order chi connectivity index (χ1) is 11.8. The van der Waals surface area contributed by atoms with Gasteiger partial charge in [0.2, 0.25) is 0 Å². The van der Waals surface area contributed by atoms with Crippen LogP contribution in [0, 0.1) is 5.92 Å². The summed E-state index contributed by atoms with van der Waals surface area (Å²) in [7, 11) is 1.94. The van der Waals surface area contributed by atoms with Crippen LogP contribution in [0.2, 0.25) is 0 Å². The van der Waals surface area contributed by atoms with Crippen molar-refractivity contribution in [2.45, 2.75) is 57.5 Å². The molecule has 0 aliphatic heterocycles. The lowest BCUT2D eigenvalue weighted by Crippen LogP contribution is -2.24. The summed E-state index contributed by atoms with van der Waals surface area (Å²) in [6, 6.07) is 6.78. The second kappa shape index (κ2) is 5.45. The van der Waals surface area contributed by atoms with Gasteiger partial charge in [-0.05, 0) is 68.1 Å². The Balaban J connectivity index is 1.55. The zero-order valence-corrected chi connectivity index (χ0v) is 15.5. The highest BCUT2D eigenvalue weighted by molar-refractivity contribution is 5.72. The van der Waals surface area contributed by atoms with E-state index in [2.05, 4.69) is 29.5 Å². The summed E-state index contributed by atoms with van der Waals surface area (Å²) in [5, 5.41) is 4.28. The monoisotopic (exact) mass is 338 g/mol. The fourth-order valence-corrected chi connectivity index (χ4v) is 4.37. The van der Waals surface area contributed by atoms with Crippen LogP contribution in [0.5, 0.6) is 0 Å². The Morgan fingerprint density at radius 1 is 1.36 bits per heavy atom. The van der Waals surface area contributed by atoms with Crippen molar-refractivity contribution in [3.05, 3.63) is 41.7 Å². The van der Waals surface area contributed by atoms with Gasteiger partial charge in [-0.1, -0.05) is 18.2 Å². The molecule has 1 fully saturated rings. The molecule has 4 nitrogen and oxygen atoms in total. The van der Waals surface area contributed by atoms with E-state index in [9.17, 15) is 4.79 Å². The molecule has 1 heterocycles. The highest BCUT2D eigenvalue weighted by Gasteiger charge is 2.58. The molecular weight excluding hydrogens is 312 g/mol. The number of rotatable bonds is 3. The summed E-state index contributed by atoms with van der Waals surface area (Å²) in [5.74, 6) is 0.360. The van der Waals surface area contributed by atoms with Gasteiger partial charge >= 0.3 is 5.97 Å². The predicted octanol–water partition coefficient (Wildman–Crippen LogP) is 4.02. The van der Waals surface area contributed by atoms with Crippen molar-refractivity contribution >= 4 is 5.97 Å². The Bertz CT molecular complexity index is 831. The molecule has 2 aromatic rings. The van der Waals surface area contributed by atoms with Gasteiger partial charge in [-0.3, -0.25) is 9.48 Å². The number of fused-ring (bicyclic) bond motifs is 2. The number of benzene rings is 1. The number of ether oxygens (including phenoxy) is 1. The summed E-state index contributed by atoms with van der Waals surface area (Å²) < 4.78 is 7.36. The third-order valence-corrected chi connectivity index (χ3v) is 5.59. The lowest BCUT2D eigenvalue weighted by molar-refractivity contribution is -0.155. The maximum absolute atomic E-state index is 12.2. The number of aromatic nitrogens is 2. The van der Waals surface area contributed by atoms with Gasteiger partial charge in [0.05, 0.1) is 6.20 Å². The van der Waals surface area contributed by atoms with Crippen molar-refractivity contribution < 1.29 is 9.53 Å². The Kier molecular flexibility index (Phi) is 3.57. The molecule has 1 spiro atoms. The Morgan fingerprint density at radius 3 is 2.84 bits per heavy atom. The molecular formula is C21H26N2O2. The number of carbonyl (C=O) groups excluding carboxylic acids is 1. The number of hydrogen-bond acceptors (Lipinski definition) is 3. The maximum atomic E-state index is 12.2. The standard InChI is InChI=1S/C21H26N2O2/c1-20(2,3)25-19(24)10-17-11-21(17)8-7-14-5-6-15(9-18(14)21)16-12-22-23(4)13-16/h5-6,9,12-13,17H,7-8,10-11H2,1-4H3. The van der Waals surface area contributed by atoms with Crippen molar-refractivity contribution in [2.24, 2.45) is 13.0 Å². The van der Waals surface area contributed by atoms with Crippen molar-refractivity contribution in [1.29, 1.82) is 0 Å². The molecule has 4 heteroatoms. The van der Waals surface area contributed by atoms with Crippen LogP contribution in [0.25, 0.3) is 11.1 Å². The third kappa shape index (κ3) is 2.99. The third-order valence-electron chi connectivity index (χ3n) is 5.59. The fraction of sp³-hybridized carbons (Fsp3) is 0.524. The van der Waals surface area contributed by atoms with Crippen LogP contribution in [0.15, 0.2) is 30.6 Å². The molecule has 0 N–H and O–H groups in total. The zero-order valence-electron chi connectivity index (χ0n) is 15.5. The molecule has 1 saturated carbocycles. The maximum Gasteiger partial charge on any atom is 0.306 e. The van der Waals surface area contributed by atoms with E-state index in [1.54, 1.807) is 0 Å². The molecule has 2 aliphatic rings. The highest BCUT2D eigenvalue weighted by atomic mass is 16.6. The first-order valence-corrected chi connectivity index (χ1v) is 9.11. The van der Waals surface area contributed by atoms with Crippen LogP contribution in [-0.4, -0.2) is 21.4 Å². The number of aryl methyl sites for hydroxylation is 2. The molecule has 0 radical (unpaired) electrons. The van der Waals surface area contributed by atoms with Crippen molar-refractivity contribution in [1.82, 2.24) is 9.78 Å². The second-order valence-electron chi connectivity index (χ2n) is 8.62. The molecule has 4 rings (SSSR count). The summed E-state index contributed by atoms with van der Waals surface area (Å²) in [4.78, 5) is 12.2. The topological polar surface area (TPSA) is 44.1 Å². The molecule has 0 amide bonds. The Hall–Kier alpha value is -2.10. The summed E-state index contributed by atoms with van der Waals surface area (Å²) in [5.41, 5.74) is 5.06. The molecule has 0 saturated heterocycles. The highest BCUT2D eigenvalue weighted by Crippen LogP contribution is 2.63. The van der Waals surface area contributed by atoms with Gasteiger partial charge in [0, 0.05) is 25.2 Å². The number of esters is 1. The van der Waals surface area contributed by atoms with Gasteiger partial charge in [0.15, 0.2) is 0 Å². The average Bonchev–Trinajstić information content (AvgIpc) is 2.85. The molecule has 2 atom stereocenters. The SMILES string of the molecule is Cn1cc(-c2ccc3c(c2)C2(CC3)CC2CC(=O)OC(C)(C)C)cn1. The predicted molar refractivity (Wildman–Crippen MR) is 97.2 cm³/mol. The summed E-state index contributed by atoms with van der Waals surface area (Å²) in [6.45, 7) is 5.79. The number of hydrogen-bond donors (Lipinski definition) is 0. The lowest BCUT2D eigenvalue weighted by atomic mass is 9.92. The van der Waals surface area contributed by atoms with Gasteiger partial charge in [-0.2, -0.15) is 5.10 Å². The normalized spacial score (nSPS) is 24.4. The van der Waals surface area contributed by atoms with E-state index in [0.717, 1.165) is 24.8 Å². The van der Waals surface area contributed by atoms with E-state index in [1.165, 1.54) is 16.7 Å². The van der Waals surface area contributed by atoms with E-state index in [1.807, 2.05) is 38.7 Å². The minimum Gasteiger partial charge on any atom is -0.460 e. The largest absolute Gasteiger partial charge is 0.460 e. The van der Waals surface area contributed by atoms with Gasteiger partial charge < -0.3 is 4.74 Å². The minimum atomic E-state index is -0.403. The molecule has 0 bridgehead atoms. The number of nitrogens with zero attached hydrogens (tertiary/aromatic N) is 2. The van der Waals surface area contributed by atoms with Gasteiger partial charge in [0.1, 0.15) is 5.60 Å². The van der Waals surface area contributed by atoms with Gasteiger partial charge in [0.25, 0.3) is 0 Å². The molecule has 2 aliphatic carbocycles. The van der Waals surface area contributed by atoms with E-state index in [4.69, 9.17) is 4.74 Å². The Morgan fingerprint density at radius 2 is 2.16 bits per heavy atom. The average molecular weight is 338 g/mol. The van der Waals surface area contributed by atoms with E-state index < -0.39 is 5.60 Å². The first kappa shape index (κ1) is 16.4. The van der Waals surface area contributed by atoms with Crippen LogP contribution in [0.3, 0.4) is 0 Å². The second-order valence-corrected chi connectivity index (χ2v) is 8.62. The van der Waals surface area contributed by atoms with Crippen LogP contribution < -0.4 is 0 Å². The summed E-state index contributed by atoms with van der Waals surface area (Å²) >= 11 is 0. The zero-order chi connectivity index (χ0) is 17.8. The van der Waals surface area contributed by atoms with E-state index >= 15 is 0 Å². The van der Waals surface area contributed by atoms with Gasteiger partial charge in [-0.25, -0.2) is 0 Å². The van der Waals surface area contributed by atoms with E-state index in [-0.39, 0.29) is 11.4 Å². The molecule has 2 unspecified atom stereocenters. The smallest absolute Gasteiger partial charge is 0.306 e. The quantitative estimate of drug-likeness (QED) is 0.794. The van der Waals surface area contributed by atoms with Crippen molar-refractivity contribution in [3.63, 3.8) is 0 Å². The van der Waals surface area contributed by atoms with E-state index in [0.29, 0.717) is 12.3 Å². The van der Waals surface area contributed by atoms with Crippen LogP contribution in [0.4, 0.5) is 0 Å². The van der Waals surface area contributed by atoms with Crippen molar-refractivity contribution in [2.75, 3.05) is 0 Å². The Labute approximate surface area is 149 Å².